The largest absolute Gasteiger partial charge is 0.313 e. The zero-order valence-corrected chi connectivity index (χ0v) is 14.0. The van der Waals surface area contributed by atoms with Crippen LogP contribution in [0.25, 0.3) is 0 Å². The first-order chi connectivity index (χ1) is 10.1. The average Bonchev–Trinajstić information content (AvgIpc) is 2.46. The van der Waals surface area contributed by atoms with Crippen molar-refractivity contribution >= 4 is 11.8 Å². The van der Waals surface area contributed by atoms with Crippen LogP contribution in [-0.4, -0.2) is 16.5 Å². The lowest BCUT2D eigenvalue weighted by Crippen LogP contribution is -2.16. The molecule has 1 N–H and O–H groups in total. The predicted octanol–water partition coefficient (Wildman–Crippen LogP) is 3.80. The molecule has 112 valence electrons. The van der Waals surface area contributed by atoms with E-state index in [1.165, 1.54) is 16.0 Å². The van der Waals surface area contributed by atoms with E-state index in [9.17, 15) is 0 Å². The maximum atomic E-state index is 4.66. The molecule has 1 heterocycles. The number of hydrogen-bond acceptors (Lipinski definition) is 4. The van der Waals surface area contributed by atoms with E-state index in [1.807, 2.05) is 0 Å². The van der Waals surface area contributed by atoms with Gasteiger partial charge < -0.3 is 5.32 Å². The summed E-state index contributed by atoms with van der Waals surface area (Å²) in [7, 11) is 0. The minimum atomic E-state index is 0.814. The highest BCUT2D eigenvalue weighted by molar-refractivity contribution is 7.98. The molecule has 2 aromatic rings. The molecule has 0 amide bonds. The van der Waals surface area contributed by atoms with Gasteiger partial charge in [-0.3, -0.25) is 0 Å². The van der Waals surface area contributed by atoms with E-state index in [0.717, 1.165) is 36.1 Å². The number of rotatable bonds is 6. The van der Waals surface area contributed by atoms with Crippen LogP contribution in [0.2, 0.25) is 0 Å². The van der Waals surface area contributed by atoms with Crippen molar-refractivity contribution in [3.8, 4) is 0 Å². The Kier molecular flexibility index (Phi) is 5.76. The fraction of sp³-hybridized carbons (Fsp3) is 0.412. The summed E-state index contributed by atoms with van der Waals surface area (Å²) in [6, 6.07) is 8.43. The Morgan fingerprint density at radius 2 is 1.71 bits per heavy atom. The standard InChI is InChI=1S/C17H23N3S/c1-5-18-10-15-13(3)19-17(20-14(15)4)11-21-16-9-7-6-8-12(16)2/h6-9,18H,5,10-11H2,1-4H3. The molecule has 4 heteroatoms. The molecule has 3 nitrogen and oxygen atoms in total. The Labute approximate surface area is 131 Å². The molecule has 21 heavy (non-hydrogen) atoms. The second-order valence-corrected chi connectivity index (χ2v) is 6.14. The number of aromatic nitrogens is 2. The molecule has 1 aromatic heterocycles. The van der Waals surface area contributed by atoms with Gasteiger partial charge in [-0.25, -0.2) is 9.97 Å². The van der Waals surface area contributed by atoms with Gasteiger partial charge in [0.1, 0.15) is 5.82 Å². The summed E-state index contributed by atoms with van der Waals surface area (Å²) in [6.45, 7) is 10.2. The van der Waals surface area contributed by atoms with Gasteiger partial charge in [0.15, 0.2) is 0 Å². The van der Waals surface area contributed by atoms with Crippen LogP contribution in [0.4, 0.5) is 0 Å². The van der Waals surface area contributed by atoms with Crippen LogP contribution in [0.5, 0.6) is 0 Å². The predicted molar refractivity (Wildman–Crippen MR) is 89.6 cm³/mol. The molecule has 0 aliphatic carbocycles. The Bertz CT molecular complexity index is 588. The van der Waals surface area contributed by atoms with Crippen molar-refractivity contribution in [3.63, 3.8) is 0 Å². The monoisotopic (exact) mass is 301 g/mol. The van der Waals surface area contributed by atoms with E-state index in [-0.39, 0.29) is 0 Å². The van der Waals surface area contributed by atoms with Crippen LogP contribution < -0.4 is 5.32 Å². The number of benzene rings is 1. The van der Waals surface area contributed by atoms with Gasteiger partial charge in [0.2, 0.25) is 0 Å². The lowest BCUT2D eigenvalue weighted by Gasteiger charge is -2.11. The Morgan fingerprint density at radius 1 is 1.05 bits per heavy atom. The highest BCUT2D eigenvalue weighted by Gasteiger charge is 2.09. The minimum absolute atomic E-state index is 0.814. The third-order valence-corrected chi connectivity index (χ3v) is 4.64. The van der Waals surface area contributed by atoms with Crippen molar-refractivity contribution in [2.24, 2.45) is 0 Å². The fourth-order valence-corrected chi connectivity index (χ4v) is 3.12. The Balaban J connectivity index is 2.09. The summed E-state index contributed by atoms with van der Waals surface area (Å²) in [5.41, 5.74) is 4.70. The molecule has 0 saturated carbocycles. The van der Waals surface area contributed by atoms with E-state index in [2.05, 4.69) is 67.2 Å². The quantitative estimate of drug-likeness (QED) is 0.824. The summed E-state index contributed by atoms with van der Waals surface area (Å²) >= 11 is 1.80. The van der Waals surface area contributed by atoms with Crippen LogP contribution in [-0.2, 0) is 12.3 Å². The molecule has 0 saturated heterocycles. The highest BCUT2D eigenvalue weighted by Crippen LogP contribution is 2.25. The lowest BCUT2D eigenvalue weighted by atomic mass is 10.1. The van der Waals surface area contributed by atoms with Crippen LogP contribution >= 0.6 is 11.8 Å². The first kappa shape index (κ1) is 16.0. The molecule has 0 spiro atoms. The van der Waals surface area contributed by atoms with Gasteiger partial charge in [-0.1, -0.05) is 25.1 Å². The molecule has 0 aliphatic rings. The zero-order chi connectivity index (χ0) is 15.2. The molecule has 1 aromatic carbocycles. The maximum Gasteiger partial charge on any atom is 0.139 e. The van der Waals surface area contributed by atoms with E-state index in [4.69, 9.17) is 0 Å². The third kappa shape index (κ3) is 4.29. The smallest absolute Gasteiger partial charge is 0.139 e. The fourth-order valence-electron chi connectivity index (χ4n) is 2.24. The molecular formula is C17H23N3S. The molecule has 0 unspecified atom stereocenters. The number of aryl methyl sites for hydroxylation is 3. The van der Waals surface area contributed by atoms with E-state index in [1.54, 1.807) is 11.8 Å². The second-order valence-electron chi connectivity index (χ2n) is 5.12. The first-order valence-electron chi connectivity index (χ1n) is 7.34. The van der Waals surface area contributed by atoms with Gasteiger partial charge in [-0.05, 0) is 38.9 Å². The third-order valence-electron chi connectivity index (χ3n) is 3.47. The molecule has 2 rings (SSSR count). The summed E-state index contributed by atoms with van der Waals surface area (Å²) in [5.74, 6) is 1.73. The van der Waals surface area contributed by atoms with Crippen LogP contribution in [0.3, 0.4) is 0 Å². The molecule has 0 fully saturated rings. The van der Waals surface area contributed by atoms with Crippen molar-refractivity contribution in [1.82, 2.24) is 15.3 Å². The van der Waals surface area contributed by atoms with Crippen molar-refractivity contribution in [2.45, 2.75) is 44.9 Å². The van der Waals surface area contributed by atoms with Crippen molar-refractivity contribution < 1.29 is 0 Å². The lowest BCUT2D eigenvalue weighted by molar-refractivity contribution is 0.707. The molecule has 0 aliphatic heterocycles. The van der Waals surface area contributed by atoms with Crippen LogP contribution in [0, 0.1) is 20.8 Å². The number of hydrogen-bond donors (Lipinski definition) is 1. The van der Waals surface area contributed by atoms with E-state index in [0.29, 0.717) is 0 Å². The van der Waals surface area contributed by atoms with Gasteiger partial charge >= 0.3 is 0 Å². The van der Waals surface area contributed by atoms with Crippen molar-refractivity contribution in [1.29, 1.82) is 0 Å². The number of nitrogens with one attached hydrogen (secondary N) is 1. The van der Waals surface area contributed by atoms with Crippen molar-refractivity contribution in [2.75, 3.05) is 6.54 Å². The average molecular weight is 301 g/mol. The first-order valence-corrected chi connectivity index (χ1v) is 8.32. The normalized spacial score (nSPS) is 10.9. The SMILES string of the molecule is CCNCc1c(C)nc(CSc2ccccc2C)nc1C. The van der Waals surface area contributed by atoms with Gasteiger partial charge in [-0.15, -0.1) is 11.8 Å². The van der Waals surface area contributed by atoms with Crippen LogP contribution in [0.1, 0.15) is 35.3 Å². The van der Waals surface area contributed by atoms with Crippen molar-refractivity contribution in [3.05, 3.63) is 52.6 Å². The van der Waals surface area contributed by atoms with E-state index < -0.39 is 0 Å². The summed E-state index contributed by atoms with van der Waals surface area (Å²) in [5, 5.41) is 3.35. The van der Waals surface area contributed by atoms with Gasteiger partial charge in [0.25, 0.3) is 0 Å². The van der Waals surface area contributed by atoms with Gasteiger partial charge in [0, 0.05) is 28.4 Å². The van der Waals surface area contributed by atoms with Crippen LogP contribution in [0.15, 0.2) is 29.2 Å². The summed E-state index contributed by atoms with van der Waals surface area (Å²) in [4.78, 5) is 10.6. The molecule has 0 bridgehead atoms. The summed E-state index contributed by atoms with van der Waals surface area (Å²) in [6.07, 6.45) is 0. The van der Waals surface area contributed by atoms with Gasteiger partial charge in [0.05, 0.1) is 5.75 Å². The van der Waals surface area contributed by atoms with E-state index >= 15 is 0 Å². The minimum Gasteiger partial charge on any atom is -0.313 e. The molecule has 0 radical (unpaired) electrons. The summed E-state index contributed by atoms with van der Waals surface area (Å²) < 4.78 is 0. The maximum absolute atomic E-state index is 4.66. The zero-order valence-electron chi connectivity index (χ0n) is 13.2. The second kappa shape index (κ2) is 7.57. The number of thioether (sulfide) groups is 1. The molecule has 0 atom stereocenters. The highest BCUT2D eigenvalue weighted by atomic mass is 32.2. The molecular weight excluding hydrogens is 278 g/mol. The number of nitrogens with zero attached hydrogens (tertiary/aromatic N) is 2. The van der Waals surface area contributed by atoms with Gasteiger partial charge in [-0.2, -0.15) is 0 Å². The topological polar surface area (TPSA) is 37.8 Å². The Morgan fingerprint density at radius 3 is 2.33 bits per heavy atom. The Hall–Kier alpha value is -1.39.